The number of nitrogens with zero attached hydrogens (tertiary/aromatic N) is 1. The van der Waals surface area contributed by atoms with E-state index in [1.165, 1.54) is 0 Å². The zero-order valence-corrected chi connectivity index (χ0v) is 12.9. The summed E-state index contributed by atoms with van der Waals surface area (Å²) >= 11 is 0. The predicted octanol–water partition coefficient (Wildman–Crippen LogP) is 4.41. The van der Waals surface area contributed by atoms with Gasteiger partial charge in [0.25, 0.3) is 0 Å². The van der Waals surface area contributed by atoms with Crippen molar-refractivity contribution in [1.82, 2.24) is 0 Å². The topological polar surface area (TPSA) is 40.9 Å². The van der Waals surface area contributed by atoms with Crippen LogP contribution >= 0.6 is 0 Å². The summed E-state index contributed by atoms with van der Waals surface area (Å²) in [6.07, 6.45) is 0. The first-order valence-corrected chi connectivity index (χ1v) is 7.02. The van der Waals surface area contributed by atoms with E-state index in [1.54, 1.807) is 6.07 Å². The minimum Gasteiger partial charge on any atom is -0.292 e. The summed E-state index contributed by atoms with van der Waals surface area (Å²) in [4.78, 5) is 12.6. The molecule has 0 N–H and O–H groups in total. The lowest BCUT2D eigenvalue weighted by atomic mass is 9.89. The van der Waals surface area contributed by atoms with Crippen LogP contribution < -0.4 is 0 Å². The lowest BCUT2D eigenvalue weighted by Crippen LogP contribution is -2.12. The maximum atomic E-state index is 12.6. The Morgan fingerprint density at radius 3 is 2.00 bits per heavy atom. The van der Waals surface area contributed by atoms with Crippen LogP contribution in [-0.4, -0.2) is 5.78 Å². The van der Waals surface area contributed by atoms with Gasteiger partial charge < -0.3 is 0 Å². The molecule has 0 radical (unpaired) electrons. The van der Waals surface area contributed by atoms with Gasteiger partial charge in [-0.3, -0.25) is 4.79 Å². The number of ketones is 1. The zero-order chi connectivity index (χ0) is 15.6. The molecule has 0 aliphatic carbocycles. The molecule has 0 spiro atoms. The molecular weight excluding hydrogens is 258 g/mol. The van der Waals surface area contributed by atoms with Crippen LogP contribution in [0, 0.1) is 39.0 Å². The molecular formula is C19H19NO. The van der Waals surface area contributed by atoms with E-state index in [9.17, 15) is 10.1 Å². The maximum absolute atomic E-state index is 12.6. The van der Waals surface area contributed by atoms with Crippen molar-refractivity contribution in [3.05, 3.63) is 69.8 Å². The van der Waals surface area contributed by atoms with Gasteiger partial charge in [0.05, 0.1) is 6.07 Å². The van der Waals surface area contributed by atoms with Crippen molar-refractivity contribution in [2.45, 2.75) is 33.6 Å². The van der Waals surface area contributed by atoms with E-state index >= 15 is 0 Å². The zero-order valence-electron chi connectivity index (χ0n) is 12.9. The van der Waals surface area contributed by atoms with Gasteiger partial charge in [-0.15, -0.1) is 0 Å². The van der Waals surface area contributed by atoms with E-state index in [2.05, 4.69) is 6.07 Å². The lowest BCUT2D eigenvalue weighted by Gasteiger charge is -2.12. The summed E-state index contributed by atoms with van der Waals surface area (Å²) < 4.78 is 0. The Bertz CT molecular complexity index is 738. The molecule has 2 nitrogen and oxygen atoms in total. The average Bonchev–Trinajstić information content (AvgIpc) is 2.46. The molecule has 2 aromatic rings. The van der Waals surface area contributed by atoms with Crippen molar-refractivity contribution in [3.63, 3.8) is 0 Å². The fourth-order valence-electron chi connectivity index (χ4n) is 2.29. The van der Waals surface area contributed by atoms with Gasteiger partial charge in [0.15, 0.2) is 5.78 Å². The summed E-state index contributed by atoms with van der Waals surface area (Å²) in [7, 11) is 0. The monoisotopic (exact) mass is 277 g/mol. The van der Waals surface area contributed by atoms with Gasteiger partial charge in [0.1, 0.15) is 5.92 Å². The number of benzene rings is 2. The largest absolute Gasteiger partial charge is 0.292 e. The van der Waals surface area contributed by atoms with Crippen LogP contribution in [0.1, 0.15) is 44.1 Å². The first-order chi connectivity index (χ1) is 9.93. The average molecular weight is 277 g/mol. The second kappa shape index (κ2) is 5.93. The summed E-state index contributed by atoms with van der Waals surface area (Å²) in [6.45, 7) is 8.00. The summed E-state index contributed by atoms with van der Waals surface area (Å²) in [6, 6.07) is 13.5. The van der Waals surface area contributed by atoms with Crippen LogP contribution in [0.15, 0.2) is 36.4 Å². The van der Waals surface area contributed by atoms with E-state index in [1.807, 2.05) is 58.0 Å². The predicted molar refractivity (Wildman–Crippen MR) is 84.5 cm³/mol. The van der Waals surface area contributed by atoms with E-state index in [-0.39, 0.29) is 5.78 Å². The molecule has 0 bridgehead atoms. The number of carbonyl (C=O) groups excluding carboxylic acids is 1. The highest BCUT2D eigenvalue weighted by Gasteiger charge is 2.22. The van der Waals surface area contributed by atoms with Crippen LogP contribution in [0.2, 0.25) is 0 Å². The van der Waals surface area contributed by atoms with Gasteiger partial charge >= 0.3 is 0 Å². The van der Waals surface area contributed by atoms with Crippen molar-refractivity contribution >= 4 is 5.78 Å². The van der Waals surface area contributed by atoms with Crippen molar-refractivity contribution in [2.24, 2.45) is 0 Å². The molecule has 2 aromatic carbocycles. The van der Waals surface area contributed by atoms with E-state index in [0.717, 1.165) is 27.8 Å². The Morgan fingerprint density at radius 1 is 0.905 bits per heavy atom. The molecule has 0 aromatic heterocycles. The van der Waals surface area contributed by atoms with Crippen LogP contribution in [-0.2, 0) is 0 Å². The summed E-state index contributed by atoms with van der Waals surface area (Å²) in [5.41, 5.74) is 5.84. The van der Waals surface area contributed by atoms with Crippen molar-refractivity contribution in [1.29, 1.82) is 5.26 Å². The second-order valence-corrected chi connectivity index (χ2v) is 5.57. The van der Waals surface area contributed by atoms with E-state index < -0.39 is 5.92 Å². The molecule has 0 saturated carbocycles. The fourth-order valence-corrected chi connectivity index (χ4v) is 2.29. The van der Waals surface area contributed by atoms with Crippen LogP contribution in [0.25, 0.3) is 0 Å². The number of carbonyl (C=O) groups is 1. The minimum absolute atomic E-state index is 0.135. The van der Waals surface area contributed by atoms with Crippen LogP contribution in [0.4, 0.5) is 0 Å². The van der Waals surface area contributed by atoms with Gasteiger partial charge in [-0.2, -0.15) is 5.26 Å². The van der Waals surface area contributed by atoms with Gasteiger partial charge in [0, 0.05) is 5.56 Å². The minimum atomic E-state index is -0.744. The van der Waals surface area contributed by atoms with Crippen molar-refractivity contribution < 1.29 is 4.79 Å². The fraction of sp³-hybridized carbons (Fsp3) is 0.263. The first kappa shape index (κ1) is 15.0. The number of aryl methyl sites for hydroxylation is 4. The molecule has 0 saturated heterocycles. The van der Waals surface area contributed by atoms with Crippen molar-refractivity contribution in [2.75, 3.05) is 0 Å². The number of hydrogen-bond acceptors (Lipinski definition) is 2. The molecule has 2 heteroatoms. The van der Waals surface area contributed by atoms with Gasteiger partial charge in [0.2, 0.25) is 0 Å². The van der Waals surface area contributed by atoms with Crippen molar-refractivity contribution in [3.8, 4) is 6.07 Å². The Balaban J connectivity index is 2.41. The smallest absolute Gasteiger partial charge is 0.184 e. The molecule has 0 aliphatic heterocycles. The highest BCUT2D eigenvalue weighted by atomic mass is 16.1. The number of rotatable bonds is 3. The first-order valence-electron chi connectivity index (χ1n) is 7.02. The normalized spacial score (nSPS) is 11.8. The number of nitriles is 1. The molecule has 0 fully saturated rings. The Morgan fingerprint density at radius 2 is 1.48 bits per heavy atom. The molecule has 1 unspecified atom stereocenters. The second-order valence-electron chi connectivity index (χ2n) is 5.57. The maximum Gasteiger partial charge on any atom is 0.184 e. The van der Waals surface area contributed by atoms with Crippen LogP contribution in [0.3, 0.4) is 0 Å². The van der Waals surface area contributed by atoms with Gasteiger partial charge in [-0.05, 0) is 61.6 Å². The molecule has 0 heterocycles. The molecule has 0 amide bonds. The molecule has 0 aliphatic rings. The lowest BCUT2D eigenvalue weighted by molar-refractivity contribution is 0.0979. The van der Waals surface area contributed by atoms with Gasteiger partial charge in [-0.25, -0.2) is 0 Å². The standard InChI is InChI=1S/C19H19NO/c1-12-5-7-16(9-14(12)3)18(11-20)19(21)17-8-6-13(2)15(4)10-17/h5-10,18H,1-4H3. The summed E-state index contributed by atoms with van der Waals surface area (Å²) in [5.74, 6) is -0.879. The molecule has 2 rings (SSSR count). The Labute approximate surface area is 126 Å². The van der Waals surface area contributed by atoms with E-state index in [0.29, 0.717) is 5.56 Å². The van der Waals surface area contributed by atoms with E-state index in [4.69, 9.17) is 0 Å². The number of Topliss-reactive ketones (excluding diaryl/α,β-unsaturated/α-hetero) is 1. The third kappa shape index (κ3) is 3.03. The molecule has 1 atom stereocenters. The third-order valence-electron chi connectivity index (χ3n) is 4.05. The Kier molecular flexibility index (Phi) is 4.23. The summed E-state index contributed by atoms with van der Waals surface area (Å²) in [5, 5.41) is 9.42. The molecule has 21 heavy (non-hydrogen) atoms. The quantitative estimate of drug-likeness (QED) is 0.780. The highest BCUT2D eigenvalue weighted by Crippen LogP contribution is 2.23. The number of hydrogen-bond donors (Lipinski definition) is 0. The SMILES string of the molecule is Cc1ccc(C(=O)C(C#N)c2ccc(C)c(C)c2)cc1C. The Hall–Kier alpha value is -2.40. The van der Waals surface area contributed by atoms with Gasteiger partial charge in [-0.1, -0.05) is 30.3 Å². The third-order valence-corrected chi connectivity index (χ3v) is 4.05. The highest BCUT2D eigenvalue weighted by molar-refractivity contribution is 6.03. The molecule has 106 valence electrons. The van der Waals surface area contributed by atoms with Crippen LogP contribution in [0.5, 0.6) is 0 Å².